The van der Waals surface area contributed by atoms with Gasteiger partial charge in [0.05, 0.1) is 7.05 Å². The van der Waals surface area contributed by atoms with E-state index in [0.717, 1.165) is 29.2 Å². The first-order valence-corrected chi connectivity index (χ1v) is 10.4. The van der Waals surface area contributed by atoms with Crippen molar-refractivity contribution < 1.29 is 19.3 Å². The van der Waals surface area contributed by atoms with E-state index in [9.17, 15) is 14.4 Å². The van der Waals surface area contributed by atoms with Crippen LogP contribution in [0, 0.1) is 0 Å². The van der Waals surface area contributed by atoms with Crippen molar-refractivity contribution >= 4 is 23.4 Å². The van der Waals surface area contributed by atoms with E-state index in [4.69, 9.17) is 0 Å². The quantitative estimate of drug-likeness (QED) is 0.436. The molecule has 0 saturated heterocycles. The van der Waals surface area contributed by atoms with Crippen molar-refractivity contribution in [2.24, 2.45) is 0 Å². The highest BCUT2D eigenvalue weighted by Gasteiger charge is 2.13. The number of carbonyl (C=O) groups excluding carboxylic acids is 3. The third-order valence-electron chi connectivity index (χ3n) is 4.98. The fourth-order valence-electron chi connectivity index (χ4n) is 3.26. The molecule has 2 aromatic rings. The summed E-state index contributed by atoms with van der Waals surface area (Å²) in [5, 5.41) is 2.58. The Bertz CT molecular complexity index is 877. The third-order valence-corrected chi connectivity index (χ3v) is 4.98. The number of carbonyl (C=O) groups is 3. The summed E-state index contributed by atoms with van der Waals surface area (Å²) in [4.78, 5) is 39.2. The molecule has 0 radical (unpaired) electrons. The van der Waals surface area contributed by atoms with Crippen LogP contribution in [0.15, 0.2) is 48.5 Å². The molecule has 0 aliphatic heterocycles. The van der Waals surface area contributed by atoms with E-state index >= 15 is 0 Å². The van der Waals surface area contributed by atoms with Gasteiger partial charge in [0.1, 0.15) is 6.54 Å². The summed E-state index contributed by atoms with van der Waals surface area (Å²) in [7, 11) is 3.48. The molecule has 0 bridgehead atoms. The molecule has 4 N–H and O–H groups in total. The molecule has 0 aromatic heterocycles. The average molecular weight is 427 g/mol. The summed E-state index contributed by atoms with van der Waals surface area (Å²) in [6.07, 6.45) is 0. The van der Waals surface area contributed by atoms with Gasteiger partial charge in [-0.25, -0.2) is 0 Å². The van der Waals surface area contributed by atoms with Crippen LogP contribution < -0.4 is 26.0 Å². The highest BCUT2D eigenvalue weighted by Crippen LogP contribution is 2.14. The first-order valence-electron chi connectivity index (χ1n) is 10.4. The van der Waals surface area contributed by atoms with E-state index in [1.54, 1.807) is 31.3 Å². The van der Waals surface area contributed by atoms with E-state index < -0.39 is 0 Å². The fourth-order valence-corrected chi connectivity index (χ4v) is 3.26. The lowest BCUT2D eigenvalue weighted by molar-refractivity contribution is -0.885. The maximum Gasteiger partial charge on any atom is 0.293 e. The van der Waals surface area contributed by atoms with Gasteiger partial charge in [-0.1, -0.05) is 12.1 Å². The van der Waals surface area contributed by atoms with Crippen LogP contribution in [0.4, 0.5) is 5.69 Å². The minimum atomic E-state index is -0.359. The van der Waals surface area contributed by atoms with Crippen LogP contribution in [0.3, 0.4) is 0 Å². The predicted octanol–water partition coefficient (Wildman–Crippen LogP) is 0.368. The van der Waals surface area contributed by atoms with Crippen molar-refractivity contribution in [3.8, 4) is 0 Å². The monoisotopic (exact) mass is 426 g/mol. The Balaban J connectivity index is 1.80. The van der Waals surface area contributed by atoms with Crippen LogP contribution in [0.5, 0.6) is 0 Å². The summed E-state index contributed by atoms with van der Waals surface area (Å²) in [6, 6.07) is 14.5. The molecular weight excluding hydrogens is 394 g/mol. The first-order chi connectivity index (χ1) is 14.9. The van der Waals surface area contributed by atoms with Crippen LogP contribution >= 0.6 is 0 Å². The van der Waals surface area contributed by atoms with Crippen molar-refractivity contribution in [2.45, 2.75) is 20.4 Å². The molecule has 0 spiro atoms. The lowest BCUT2D eigenvalue weighted by Crippen LogP contribution is -3.09. The molecule has 1 atom stereocenters. The van der Waals surface area contributed by atoms with E-state index in [-0.39, 0.29) is 24.3 Å². The van der Waals surface area contributed by atoms with Gasteiger partial charge in [-0.3, -0.25) is 25.2 Å². The topological polar surface area (TPSA) is 95.0 Å². The SMILES string of the molecule is CCN(CC)c1ccc(C(=O)NNC(=O)C[NH+](C)Cc2ccc(C(=O)NC)cc2)cc1. The predicted molar refractivity (Wildman–Crippen MR) is 121 cm³/mol. The molecule has 31 heavy (non-hydrogen) atoms. The van der Waals surface area contributed by atoms with E-state index in [1.165, 1.54) is 0 Å². The summed E-state index contributed by atoms with van der Waals surface area (Å²) < 4.78 is 0. The molecule has 0 fully saturated rings. The zero-order valence-corrected chi connectivity index (χ0v) is 18.6. The summed E-state index contributed by atoms with van der Waals surface area (Å²) in [6.45, 7) is 6.76. The Hall–Kier alpha value is -3.39. The Labute approximate surface area is 183 Å². The molecule has 8 heteroatoms. The van der Waals surface area contributed by atoms with Gasteiger partial charge in [-0.2, -0.15) is 0 Å². The number of hydrogen-bond donors (Lipinski definition) is 4. The van der Waals surface area contributed by atoms with Crippen LogP contribution in [0.2, 0.25) is 0 Å². The largest absolute Gasteiger partial charge is 0.372 e. The molecular formula is C23H32N5O3+. The van der Waals surface area contributed by atoms with Crippen molar-refractivity contribution in [3.63, 3.8) is 0 Å². The summed E-state index contributed by atoms with van der Waals surface area (Å²) >= 11 is 0. The van der Waals surface area contributed by atoms with Gasteiger partial charge in [-0.05, 0) is 50.2 Å². The number of rotatable bonds is 9. The van der Waals surface area contributed by atoms with Crippen LogP contribution in [-0.4, -0.2) is 51.5 Å². The minimum Gasteiger partial charge on any atom is -0.372 e. The minimum absolute atomic E-state index is 0.134. The zero-order chi connectivity index (χ0) is 22.8. The smallest absolute Gasteiger partial charge is 0.293 e. The van der Waals surface area contributed by atoms with Gasteiger partial charge in [0, 0.05) is 42.5 Å². The number of anilines is 1. The molecule has 1 unspecified atom stereocenters. The lowest BCUT2D eigenvalue weighted by atomic mass is 10.1. The molecule has 166 valence electrons. The Morgan fingerprint density at radius 3 is 1.94 bits per heavy atom. The van der Waals surface area contributed by atoms with Gasteiger partial charge in [0.15, 0.2) is 6.54 Å². The second-order valence-corrected chi connectivity index (χ2v) is 7.31. The van der Waals surface area contributed by atoms with Crippen molar-refractivity contribution in [1.82, 2.24) is 16.2 Å². The average Bonchev–Trinajstić information content (AvgIpc) is 2.78. The summed E-state index contributed by atoms with van der Waals surface area (Å²) in [5.41, 5.74) is 8.06. The first kappa shape index (κ1) is 23.9. The van der Waals surface area contributed by atoms with Crippen LogP contribution in [0.1, 0.15) is 40.1 Å². The van der Waals surface area contributed by atoms with Gasteiger partial charge in [0.25, 0.3) is 17.7 Å². The number of nitrogens with one attached hydrogen (secondary N) is 4. The molecule has 8 nitrogen and oxygen atoms in total. The number of quaternary nitrogens is 1. The maximum absolute atomic E-state index is 12.3. The van der Waals surface area contributed by atoms with Gasteiger partial charge in [-0.15, -0.1) is 0 Å². The number of amides is 3. The molecule has 2 aromatic carbocycles. The molecule has 0 aliphatic rings. The molecule has 3 amide bonds. The lowest BCUT2D eigenvalue weighted by Gasteiger charge is -2.21. The second-order valence-electron chi connectivity index (χ2n) is 7.31. The number of likely N-dealkylation sites (N-methyl/N-ethyl adjacent to an activating group) is 1. The number of nitrogens with zero attached hydrogens (tertiary/aromatic N) is 1. The third kappa shape index (κ3) is 7.11. The Kier molecular flexibility index (Phi) is 9.02. The molecule has 0 aliphatic carbocycles. The van der Waals surface area contributed by atoms with E-state index in [2.05, 4.69) is 34.9 Å². The van der Waals surface area contributed by atoms with E-state index in [0.29, 0.717) is 17.7 Å². The van der Waals surface area contributed by atoms with Crippen molar-refractivity contribution in [2.75, 3.05) is 38.6 Å². The molecule has 0 saturated carbocycles. The molecule has 0 heterocycles. The number of hydrogen-bond acceptors (Lipinski definition) is 4. The fraction of sp³-hybridized carbons (Fsp3) is 0.348. The van der Waals surface area contributed by atoms with Crippen LogP contribution in [-0.2, 0) is 11.3 Å². The van der Waals surface area contributed by atoms with Gasteiger partial charge in [0.2, 0.25) is 0 Å². The Morgan fingerprint density at radius 2 is 1.39 bits per heavy atom. The van der Waals surface area contributed by atoms with Gasteiger partial charge >= 0.3 is 0 Å². The zero-order valence-electron chi connectivity index (χ0n) is 18.6. The summed E-state index contributed by atoms with van der Waals surface area (Å²) in [5.74, 6) is -0.778. The highest BCUT2D eigenvalue weighted by molar-refractivity contribution is 5.95. The molecule has 2 rings (SSSR count). The van der Waals surface area contributed by atoms with E-state index in [1.807, 2.05) is 31.3 Å². The Morgan fingerprint density at radius 1 is 0.839 bits per heavy atom. The standard InChI is InChI=1S/C23H31N5O3/c1-5-28(6-2)20-13-11-19(12-14-20)23(31)26-25-21(29)16-27(4)15-17-7-9-18(10-8-17)22(30)24-3/h7-14H,5-6,15-16H2,1-4H3,(H,24,30)(H,25,29)(H,26,31)/p+1. The highest BCUT2D eigenvalue weighted by atomic mass is 16.2. The van der Waals surface area contributed by atoms with Crippen molar-refractivity contribution in [1.29, 1.82) is 0 Å². The van der Waals surface area contributed by atoms with Crippen LogP contribution in [0.25, 0.3) is 0 Å². The number of benzene rings is 2. The van der Waals surface area contributed by atoms with Gasteiger partial charge < -0.3 is 15.1 Å². The van der Waals surface area contributed by atoms with Crippen molar-refractivity contribution in [3.05, 3.63) is 65.2 Å². The second kappa shape index (κ2) is 11.7. The maximum atomic E-state index is 12.3. The normalized spacial score (nSPS) is 11.4. The number of hydrazine groups is 1.